The molecular formula is C27H24Cl3N5O2. The maximum Gasteiger partial charge on any atom is 0.322 e. The van der Waals surface area contributed by atoms with Gasteiger partial charge in [-0.3, -0.25) is 4.79 Å². The first kappa shape index (κ1) is 26.5. The molecule has 2 N–H and O–H groups in total. The van der Waals surface area contributed by atoms with Crippen LogP contribution in [0.15, 0.2) is 72.8 Å². The van der Waals surface area contributed by atoms with Crippen molar-refractivity contribution in [3.63, 3.8) is 0 Å². The smallest absolute Gasteiger partial charge is 0.315 e. The number of nitrogens with one attached hydrogen (secondary N) is 2. The van der Waals surface area contributed by atoms with Gasteiger partial charge in [0.25, 0.3) is 0 Å². The van der Waals surface area contributed by atoms with Crippen molar-refractivity contribution in [2.75, 3.05) is 23.7 Å². The molecule has 0 atom stereocenters. The van der Waals surface area contributed by atoms with Crippen molar-refractivity contribution in [1.82, 2.24) is 14.7 Å². The minimum Gasteiger partial charge on any atom is -0.315 e. The van der Waals surface area contributed by atoms with E-state index in [1.165, 1.54) is 4.90 Å². The van der Waals surface area contributed by atoms with E-state index in [0.29, 0.717) is 44.5 Å². The van der Waals surface area contributed by atoms with Crippen molar-refractivity contribution in [3.05, 3.63) is 93.4 Å². The standard InChI is InChI=1S/C27H24Cl3N5O2/c1-3-34(27(37)31-19-10-9-17(2)22(29)13-19)16-26(36)32-25-15-24(18-7-5-4-6-8-18)33-35(25)20-11-12-21(28)23(30)14-20/h4-15H,3,16H2,1-2H3,(H,31,37)(H,32,36). The predicted molar refractivity (Wildman–Crippen MR) is 150 cm³/mol. The Morgan fingerprint density at radius 2 is 1.65 bits per heavy atom. The first-order valence-electron chi connectivity index (χ1n) is 11.5. The number of aryl methyl sites for hydroxylation is 1. The van der Waals surface area contributed by atoms with Gasteiger partial charge in [-0.1, -0.05) is 71.2 Å². The maximum absolute atomic E-state index is 13.0. The highest BCUT2D eigenvalue weighted by atomic mass is 35.5. The first-order valence-corrected chi connectivity index (χ1v) is 12.6. The zero-order chi connectivity index (χ0) is 26.5. The molecule has 0 saturated carbocycles. The fourth-order valence-corrected chi connectivity index (χ4v) is 4.06. The van der Waals surface area contributed by atoms with E-state index in [4.69, 9.17) is 34.8 Å². The Labute approximate surface area is 229 Å². The summed E-state index contributed by atoms with van der Waals surface area (Å²) < 4.78 is 1.58. The molecule has 4 aromatic rings. The van der Waals surface area contributed by atoms with Gasteiger partial charge in [-0.05, 0) is 49.7 Å². The van der Waals surface area contributed by atoms with Crippen LogP contribution in [-0.2, 0) is 4.79 Å². The minimum atomic E-state index is -0.416. The fraction of sp³-hybridized carbons (Fsp3) is 0.148. The number of carbonyl (C=O) groups is 2. The van der Waals surface area contributed by atoms with Crippen LogP contribution >= 0.6 is 34.8 Å². The van der Waals surface area contributed by atoms with Crippen LogP contribution in [0, 0.1) is 6.92 Å². The lowest BCUT2D eigenvalue weighted by Crippen LogP contribution is -2.40. The Balaban J connectivity index is 1.55. The molecule has 7 nitrogen and oxygen atoms in total. The lowest BCUT2D eigenvalue weighted by Gasteiger charge is -2.21. The van der Waals surface area contributed by atoms with Crippen molar-refractivity contribution in [1.29, 1.82) is 0 Å². The summed E-state index contributed by atoms with van der Waals surface area (Å²) >= 11 is 18.5. The van der Waals surface area contributed by atoms with Gasteiger partial charge in [0, 0.05) is 28.9 Å². The van der Waals surface area contributed by atoms with Crippen molar-refractivity contribution < 1.29 is 9.59 Å². The minimum absolute atomic E-state index is 0.171. The largest absolute Gasteiger partial charge is 0.322 e. The number of amides is 3. The molecule has 4 rings (SSSR count). The van der Waals surface area contributed by atoms with Gasteiger partial charge in [0.1, 0.15) is 12.4 Å². The second kappa shape index (κ2) is 11.7. The highest BCUT2D eigenvalue weighted by Crippen LogP contribution is 2.29. The number of hydrogen-bond donors (Lipinski definition) is 2. The molecule has 0 aliphatic rings. The second-order valence-electron chi connectivity index (χ2n) is 8.25. The SMILES string of the molecule is CCN(CC(=O)Nc1cc(-c2ccccc2)nn1-c1ccc(Cl)c(Cl)c1)C(=O)Nc1ccc(C)c(Cl)c1. The molecule has 1 heterocycles. The average Bonchev–Trinajstić information content (AvgIpc) is 3.30. The lowest BCUT2D eigenvalue weighted by atomic mass is 10.1. The van der Waals surface area contributed by atoms with Gasteiger partial charge in [0.05, 0.1) is 21.4 Å². The summed E-state index contributed by atoms with van der Waals surface area (Å²) in [7, 11) is 0. The number of anilines is 2. The number of rotatable bonds is 7. The Morgan fingerprint density at radius 1 is 0.892 bits per heavy atom. The molecule has 0 fully saturated rings. The van der Waals surface area contributed by atoms with Gasteiger partial charge >= 0.3 is 6.03 Å². The van der Waals surface area contributed by atoms with Gasteiger partial charge < -0.3 is 15.5 Å². The molecule has 0 saturated heterocycles. The number of benzene rings is 3. The summed E-state index contributed by atoms with van der Waals surface area (Å²) in [5, 5.41) is 11.6. The van der Waals surface area contributed by atoms with Gasteiger partial charge in [-0.15, -0.1) is 0 Å². The van der Waals surface area contributed by atoms with E-state index in [1.54, 1.807) is 48.0 Å². The molecule has 0 aliphatic heterocycles. The predicted octanol–water partition coefficient (Wildman–Crippen LogP) is 7.30. The summed E-state index contributed by atoms with van der Waals surface area (Å²) in [6.07, 6.45) is 0. The van der Waals surface area contributed by atoms with E-state index >= 15 is 0 Å². The van der Waals surface area contributed by atoms with E-state index in [9.17, 15) is 9.59 Å². The van der Waals surface area contributed by atoms with Crippen molar-refractivity contribution in [2.45, 2.75) is 13.8 Å². The third kappa shape index (κ3) is 6.43. The lowest BCUT2D eigenvalue weighted by molar-refractivity contribution is -0.116. The summed E-state index contributed by atoms with van der Waals surface area (Å²) in [6, 6.07) is 21.3. The van der Waals surface area contributed by atoms with E-state index in [-0.39, 0.29) is 12.5 Å². The summed E-state index contributed by atoms with van der Waals surface area (Å²) in [5.41, 5.74) is 3.60. The molecule has 0 spiro atoms. The molecule has 37 heavy (non-hydrogen) atoms. The topological polar surface area (TPSA) is 79.3 Å². The van der Waals surface area contributed by atoms with E-state index in [1.807, 2.05) is 43.3 Å². The Morgan fingerprint density at radius 3 is 2.32 bits per heavy atom. The molecule has 3 amide bonds. The number of halogens is 3. The van der Waals surface area contributed by atoms with Crippen LogP contribution in [0.25, 0.3) is 16.9 Å². The Bertz CT molecular complexity index is 1440. The fourth-order valence-electron chi connectivity index (χ4n) is 3.59. The second-order valence-corrected chi connectivity index (χ2v) is 9.47. The first-order chi connectivity index (χ1) is 17.7. The van der Waals surface area contributed by atoms with E-state index in [0.717, 1.165) is 11.1 Å². The third-order valence-corrected chi connectivity index (χ3v) is 6.77. The van der Waals surface area contributed by atoms with Crippen LogP contribution in [0.2, 0.25) is 15.1 Å². The Hall–Kier alpha value is -3.52. The van der Waals surface area contributed by atoms with Crippen LogP contribution in [0.1, 0.15) is 12.5 Å². The van der Waals surface area contributed by atoms with Crippen LogP contribution in [-0.4, -0.2) is 39.7 Å². The van der Waals surface area contributed by atoms with Gasteiger partial charge in [-0.2, -0.15) is 5.10 Å². The molecule has 3 aromatic carbocycles. The number of urea groups is 1. The summed E-state index contributed by atoms with van der Waals surface area (Å²) in [6.45, 7) is 3.82. The highest BCUT2D eigenvalue weighted by Gasteiger charge is 2.19. The van der Waals surface area contributed by atoms with E-state index < -0.39 is 6.03 Å². The average molecular weight is 557 g/mol. The van der Waals surface area contributed by atoms with Crippen LogP contribution in [0.3, 0.4) is 0 Å². The summed E-state index contributed by atoms with van der Waals surface area (Å²) in [5.74, 6) is 0.0313. The third-order valence-electron chi connectivity index (χ3n) is 5.62. The number of nitrogens with zero attached hydrogens (tertiary/aromatic N) is 3. The molecule has 0 bridgehead atoms. The number of aromatic nitrogens is 2. The van der Waals surface area contributed by atoms with Crippen molar-refractivity contribution >= 4 is 58.2 Å². The normalized spacial score (nSPS) is 10.7. The molecule has 10 heteroatoms. The molecule has 1 aromatic heterocycles. The van der Waals surface area contributed by atoms with Crippen LogP contribution < -0.4 is 10.6 Å². The molecule has 190 valence electrons. The zero-order valence-corrected chi connectivity index (χ0v) is 22.4. The molecular weight excluding hydrogens is 533 g/mol. The van der Waals surface area contributed by atoms with Crippen LogP contribution in [0.5, 0.6) is 0 Å². The molecule has 0 radical (unpaired) electrons. The quantitative estimate of drug-likeness (QED) is 0.251. The van der Waals surface area contributed by atoms with E-state index in [2.05, 4.69) is 15.7 Å². The van der Waals surface area contributed by atoms with Crippen molar-refractivity contribution in [2.24, 2.45) is 0 Å². The molecule has 0 unspecified atom stereocenters. The Kier molecular flexibility index (Phi) is 8.38. The maximum atomic E-state index is 13.0. The van der Waals surface area contributed by atoms with Gasteiger partial charge in [0.2, 0.25) is 5.91 Å². The monoisotopic (exact) mass is 555 g/mol. The van der Waals surface area contributed by atoms with Gasteiger partial charge in [0.15, 0.2) is 0 Å². The number of carbonyl (C=O) groups excluding carboxylic acids is 2. The summed E-state index contributed by atoms with van der Waals surface area (Å²) in [4.78, 5) is 27.3. The van der Waals surface area contributed by atoms with Crippen LogP contribution in [0.4, 0.5) is 16.3 Å². The highest BCUT2D eigenvalue weighted by molar-refractivity contribution is 6.42. The van der Waals surface area contributed by atoms with Gasteiger partial charge in [-0.25, -0.2) is 9.48 Å². The number of hydrogen-bond acceptors (Lipinski definition) is 3. The zero-order valence-electron chi connectivity index (χ0n) is 20.1. The molecule has 0 aliphatic carbocycles. The van der Waals surface area contributed by atoms with Crippen molar-refractivity contribution in [3.8, 4) is 16.9 Å². The number of likely N-dealkylation sites (N-methyl/N-ethyl adjacent to an activating group) is 1.